The first-order chi connectivity index (χ1) is 9.20. The lowest BCUT2D eigenvalue weighted by Gasteiger charge is -2.18. The fourth-order valence-electron chi connectivity index (χ4n) is 2.33. The summed E-state index contributed by atoms with van der Waals surface area (Å²) in [5.74, 6) is 0. The predicted molar refractivity (Wildman–Crippen MR) is 76.9 cm³/mol. The molecule has 0 aliphatic heterocycles. The molecule has 0 radical (unpaired) electrons. The SMILES string of the molecule is CCCNC(Cc1cccnc1)c1cn(C)nc1C. The second-order valence-electron chi connectivity index (χ2n) is 4.92. The van der Waals surface area contributed by atoms with Gasteiger partial charge in [-0.1, -0.05) is 13.0 Å². The van der Waals surface area contributed by atoms with Crippen molar-refractivity contribution in [1.82, 2.24) is 20.1 Å². The third-order valence-corrected chi connectivity index (χ3v) is 3.23. The summed E-state index contributed by atoms with van der Waals surface area (Å²) in [6, 6.07) is 4.42. The first-order valence-corrected chi connectivity index (χ1v) is 6.83. The highest BCUT2D eigenvalue weighted by molar-refractivity contribution is 5.23. The molecular weight excluding hydrogens is 236 g/mol. The van der Waals surface area contributed by atoms with E-state index in [1.54, 1.807) is 0 Å². The van der Waals surface area contributed by atoms with Crippen LogP contribution in [-0.2, 0) is 13.5 Å². The Morgan fingerprint density at radius 3 is 2.84 bits per heavy atom. The van der Waals surface area contributed by atoms with Gasteiger partial charge >= 0.3 is 0 Å². The molecule has 0 amide bonds. The number of nitrogens with one attached hydrogen (secondary N) is 1. The first kappa shape index (κ1) is 13.7. The van der Waals surface area contributed by atoms with Crippen LogP contribution in [0.25, 0.3) is 0 Å². The molecular formula is C15H22N4. The van der Waals surface area contributed by atoms with Crippen LogP contribution in [0.3, 0.4) is 0 Å². The number of hydrogen-bond donors (Lipinski definition) is 1. The zero-order chi connectivity index (χ0) is 13.7. The summed E-state index contributed by atoms with van der Waals surface area (Å²) in [6.07, 6.45) is 7.93. The van der Waals surface area contributed by atoms with Gasteiger partial charge in [0.2, 0.25) is 0 Å². The van der Waals surface area contributed by atoms with Gasteiger partial charge in [-0.2, -0.15) is 5.10 Å². The van der Waals surface area contributed by atoms with Gasteiger partial charge in [0, 0.05) is 37.2 Å². The van der Waals surface area contributed by atoms with Crippen LogP contribution in [0.4, 0.5) is 0 Å². The summed E-state index contributed by atoms with van der Waals surface area (Å²) in [6.45, 7) is 5.27. The van der Waals surface area contributed by atoms with E-state index in [0.717, 1.165) is 25.1 Å². The van der Waals surface area contributed by atoms with Crippen molar-refractivity contribution in [3.63, 3.8) is 0 Å². The van der Waals surface area contributed by atoms with Gasteiger partial charge in [-0.15, -0.1) is 0 Å². The van der Waals surface area contributed by atoms with E-state index >= 15 is 0 Å². The average Bonchev–Trinajstić information content (AvgIpc) is 2.75. The van der Waals surface area contributed by atoms with Gasteiger partial charge < -0.3 is 5.32 Å². The lowest BCUT2D eigenvalue weighted by Crippen LogP contribution is -2.24. The molecule has 0 aliphatic rings. The summed E-state index contributed by atoms with van der Waals surface area (Å²) in [5, 5.41) is 8.05. The highest BCUT2D eigenvalue weighted by Gasteiger charge is 2.16. The molecule has 2 heterocycles. The van der Waals surface area contributed by atoms with Crippen molar-refractivity contribution in [2.75, 3.05) is 6.54 Å². The van der Waals surface area contributed by atoms with E-state index in [0.29, 0.717) is 6.04 Å². The fraction of sp³-hybridized carbons (Fsp3) is 0.467. The molecule has 2 aromatic heterocycles. The lowest BCUT2D eigenvalue weighted by molar-refractivity contribution is 0.526. The predicted octanol–water partition coefficient (Wildman–Crippen LogP) is 2.41. The van der Waals surface area contributed by atoms with E-state index in [-0.39, 0.29) is 0 Å². The third kappa shape index (κ3) is 3.64. The summed E-state index contributed by atoms with van der Waals surface area (Å²) in [5.41, 5.74) is 3.62. The Kier molecular flexibility index (Phi) is 4.68. The summed E-state index contributed by atoms with van der Waals surface area (Å²) < 4.78 is 1.88. The van der Waals surface area contributed by atoms with Crippen LogP contribution in [0.2, 0.25) is 0 Å². The number of aryl methyl sites for hydroxylation is 2. The fourth-order valence-corrected chi connectivity index (χ4v) is 2.33. The van der Waals surface area contributed by atoms with Gasteiger partial charge in [0.05, 0.1) is 5.69 Å². The molecule has 19 heavy (non-hydrogen) atoms. The molecule has 0 bridgehead atoms. The summed E-state index contributed by atoms with van der Waals surface area (Å²) >= 11 is 0. The zero-order valence-corrected chi connectivity index (χ0v) is 11.9. The maximum absolute atomic E-state index is 4.44. The normalized spacial score (nSPS) is 12.6. The lowest BCUT2D eigenvalue weighted by atomic mass is 10.0. The Bertz CT molecular complexity index is 504. The maximum atomic E-state index is 4.44. The Balaban J connectivity index is 2.18. The molecule has 0 saturated heterocycles. The van der Waals surface area contributed by atoms with Crippen LogP contribution in [0.15, 0.2) is 30.7 Å². The van der Waals surface area contributed by atoms with Gasteiger partial charge in [0.25, 0.3) is 0 Å². The molecule has 0 spiro atoms. The van der Waals surface area contributed by atoms with Gasteiger partial charge in [-0.25, -0.2) is 0 Å². The van der Waals surface area contributed by atoms with E-state index < -0.39 is 0 Å². The second kappa shape index (κ2) is 6.48. The molecule has 0 aliphatic carbocycles. The van der Waals surface area contributed by atoms with E-state index in [1.165, 1.54) is 11.1 Å². The molecule has 0 fully saturated rings. The number of rotatable bonds is 6. The molecule has 1 atom stereocenters. The number of pyridine rings is 1. The number of hydrogen-bond acceptors (Lipinski definition) is 3. The van der Waals surface area contributed by atoms with Crippen molar-refractivity contribution in [3.05, 3.63) is 47.5 Å². The van der Waals surface area contributed by atoms with E-state index in [2.05, 4.69) is 41.5 Å². The van der Waals surface area contributed by atoms with Gasteiger partial charge in [0.1, 0.15) is 0 Å². The molecule has 102 valence electrons. The van der Waals surface area contributed by atoms with Gasteiger partial charge in [-0.3, -0.25) is 9.67 Å². The first-order valence-electron chi connectivity index (χ1n) is 6.83. The molecule has 4 heteroatoms. The van der Waals surface area contributed by atoms with Crippen LogP contribution in [0.1, 0.15) is 36.2 Å². The molecule has 0 aromatic carbocycles. The number of aromatic nitrogens is 3. The van der Waals surface area contributed by atoms with E-state index in [9.17, 15) is 0 Å². The van der Waals surface area contributed by atoms with Crippen LogP contribution >= 0.6 is 0 Å². The standard InChI is InChI=1S/C15H22N4/c1-4-7-17-15(9-13-6-5-8-16-10-13)14-11-19(3)18-12(14)2/h5-6,8,10-11,15,17H,4,7,9H2,1-3H3. The average molecular weight is 258 g/mol. The molecule has 0 saturated carbocycles. The molecule has 1 unspecified atom stereocenters. The summed E-state index contributed by atoms with van der Waals surface area (Å²) in [4.78, 5) is 4.19. The minimum absolute atomic E-state index is 0.304. The highest BCUT2D eigenvalue weighted by atomic mass is 15.3. The highest BCUT2D eigenvalue weighted by Crippen LogP contribution is 2.20. The third-order valence-electron chi connectivity index (χ3n) is 3.23. The minimum atomic E-state index is 0.304. The van der Waals surface area contributed by atoms with Crippen molar-refractivity contribution in [2.24, 2.45) is 7.05 Å². The van der Waals surface area contributed by atoms with Crippen molar-refractivity contribution >= 4 is 0 Å². The van der Waals surface area contributed by atoms with Crippen molar-refractivity contribution < 1.29 is 0 Å². The Labute approximate surface area is 114 Å². The van der Waals surface area contributed by atoms with Crippen molar-refractivity contribution in [1.29, 1.82) is 0 Å². The van der Waals surface area contributed by atoms with Crippen molar-refractivity contribution in [2.45, 2.75) is 32.7 Å². The second-order valence-corrected chi connectivity index (χ2v) is 4.92. The van der Waals surface area contributed by atoms with Crippen LogP contribution in [0, 0.1) is 6.92 Å². The smallest absolute Gasteiger partial charge is 0.0641 e. The monoisotopic (exact) mass is 258 g/mol. The Morgan fingerprint density at radius 2 is 2.26 bits per heavy atom. The van der Waals surface area contributed by atoms with Gasteiger partial charge in [0.15, 0.2) is 0 Å². The van der Waals surface area contributed by atoms with Crippen LogP contribution in [-0.4, -0.2) is 21.3 Å². The zero-order valence-electron chi connectivity index (χ0n) is 11.9. The topological polar surface area (TPSA) is 42.7 Å². The van der Waals surface area contributed by atoms with E-state index in [4.69, 9.17) is 0 Å². The summed E-state index contributed by atoms with van der Waals surface area (Å²) in [7, 11) is 1.97. The minimum Gasteiger partial charge on any atom is -0.310 e. The maximum Gasteiger partial charge on any atom is 0.0641 e. The van der Waals surface area contributed by atoms with Crippen LogP contribution < -0.4 is 5.32 Å². The largest absolute Gasteiger partial charge is 0.310 e. The molecule has 2 rings (SSSR count). The van der Waals surface area contributed by atoms with E-state index in [1.807, 2.05) is 30.2 Å². The molecule has 2 aromatic rings. The Hall–Kier alpha value is -1.68. The Morgan fingerprint density at radius 1 is 1.42 bits per heavy atom. The quantitative estimate of drug-likeness (QED) is 0.865. The van der Waals surface area contributed by atoms with Gasteiger partial charge in [-0.05, 0) is 37.9 Å². The number of nitrogens with zero attached hydrogens (tertiary/aromatic N) is 3. The molecule has 4 nitrogen and oxygen atoms in total. The van der Waals surface area contributed by atoms with Crippen LogP contribution in [0.5, 0.6) is 0 Å². The van der Waals surface area contributed by atoms with Crippen molar-refractivity contribution in [3.8, 4) is 0 Å². The molecule has 1 N–H and O–H groups in total.